The summed E-state index contributed by atoms with van der Waals surface area (Å²) >= 11 is 0. The molecule has 3 N–H and O–H groups in total. The Bertz CT molecular complexity index is 780. The highest BCUT2D eigenvalue weighted by Crippen LogP contribution is 2.07. The van der Waals surface area contributed by atoms with Crippen LogP contribution in [-0.4, -0.2) is 27.0 Å². The Kier molecular flexibility index (Phi) is 5.19. The van der Waals surface area contributed by atoms with Crippen LogP contribution in [0.2, 0.25) is 0 Å². The van der Waals surface area contributed by atoms with Crippen molar-refractivity contribution < 1.29 is 0 Å². The summed E-state index contributed by atoms with van der Waals surface area (Å²) in [5.41, 5.74) is 8.24. The summed E-state index contributed by atoms with van der Waals surface area (Å²) in [4.78, 5) is 12.7. The van der Waals surface area contributed by atoms with Crippen LogP contribution in [0.15, 0.2) is 72.4 Å². The van der Waals surface area contributed by atoms with Gasteiger partial charge in [0.05, 0.1) is 6.54 Å². The van der Waals surface area contributed by atoms with Crippen molar-refractivity contribution >= 4 is 5.96 Å². The Hall–Kier alpha value is -3.15. The van der Waals surface area contributed by atoms with Crippen molar-refractivity contribution in [3.63, 3.8) is 0 Å². The quantitative estimate of drug-likeness (QED) is 0.537. The third-order valence-corrected chi connectivity index (χ3v) is 3.57. The molecule has 0 atom stereocenters. The van der Waals surface area contributed by atoms with Crippen LogP contribution in [0.1, 0.15) is 11.1 Å². The Balaban J connectivity index is 1.52. The van der Waals surface area contributed by atoms with Crippen LogP contribution < -0.4 is 11.1 Å². The predicted molar refractivity (Wildman–Crippen MR) is 94.8 cm³/mol. The summed E-state index contributed by atoms with van der Waals surface area (Å²) in [7, 11) is 0. The molecule has 6 heteroatoms. The summed E-state index contributed by atoms with van der Waals surface area (Å²) in [6, 6.07) is 14.2. The van der Waals surface area contributed by atoms with E-state index in [1.54, 1.807) is 18.7 Å². The van der Waals surface area contributed by atoms with Crippen molar-refractivity contribution in [2.75, 3.05) is 6.54 Å². The van der Waals surface area contributed by atoms with Gasteiger partial charge in [-0.2, -0.15) is 0 Å². The van der Waals surface area contributed by atoms with Crippen LogP contribution in [0.3, 0.4) is 0 Å². The molecule has 0 aliphatic rings. The van der Waals surface area contributed by atoms with E-state index < -0.39 is 0 Å². The van der Waals surface area contributed by atoms with E-state index in [1.807, 2.05) is 41.1 Å². The van der Waals surface area contributed by atoms with Crippen LogP contribution in [0.25, 0.3) is 5.82 Å². The standard InChI is InChI=1S/C18H20N6/c19-18(22-9-6-15-4-2-1-3-5-15)23-13-16-7-8-21-17(12-16)24-11-10-20-14-24/h1-5,7-8,10-12,14H,6,9,13H2,(H3,19,22,23). The van der Waals surface area contributed by atoms with Gasteiger partial charge in [0.1, 0.15) is 12.1 Å². The van der Waals surface area contributed by atoms with Crippen LogP contribution in [0.5, 0.6) is 0 Å². The largest absolute Gasteiger partial charge is 0.370 e. The molecule has 0 bridgehead atoms. The van der Waals surface area contributed by atoms with Crippen molar-refractivity contribution in [2.45, 2.75) is 13.0 Å². The second kappa shape index (κ2) is 7.92. The lowest BCUT2D eigenvalue weighted by Crippen LogP contribution is -2.33. The molecule has 0 spiro atoms. The fourth-order valence-electron chi connectivity index (χ4n) is 2.31. The van der Waals surface area contributed by atoms with Gasteiger partial charge < -0.3 is 11.1 Å². The van der Waals surface area contributed by atoms with Crippen molar-refractivity contribution in [1.82, 2.24) is 19.9 Å². The molecule has 24 heavy (non-hydrogen) atoms. The molecular weight excluding hydrogens is 300 g/mol. The van der Waals surface area contributed by atoms with Crippen LogP contribution in [0.4, 0.5) is 0 Å². The number of aliphatic imine (C=N–C) groups is 1. The molecular formula is C18H20N6. The van der Waals surface area contributed by atoms with Crippen LogP contribution >= 0.6 is 0 Å². The first-order chi connectivity index (χ1) is 11.8. The first-order valence-electron chi connectivity index (χ1n) is 7.82. The second-order valence-electron chi connectivity index (χ2n) is 5.36. The average molecular weight is 320 g/mol. The summed E-state index contributed by atoms with van der Waals surface area (Å²) in [6.45, 7) is 1.27. The molecule has 3 rings (SSSR count). The van der Waals surface area contributed by atoms with E-state index in [-0.39, 0.29) is 0 Å². The van der Waals surface area contributed by atoms with Gasteiger partial charge in [-0.15, -0.1) is 0 Å². The number of guanidine groups is 1. The minimum atomic E-state index is 0.451. The number of rotatable bonds is 6. The average Bonchev–Trinajstić information content (AvgIpc) is 3.16. The molecule has 6 nitrogen and oxygen atoms in total. The number of hydrogen-bond acceptors (Lipinski definition) is 3. The molecule has 1 aromatic carbocycles. The Morgan fingerprint density at radius 1 is 1.12 bits per heavy atom. The zero-order valence-corrected chi connectivity index (χ0v) is 13.3. The number of hydrogen-bond donors (Lipinski definition) is 2. The van der Waals surface area contributed by atoms with E-state index in [9.17, 15) is 0 Å². The van der Waals surface area contributed by atoms with Gasteiger partial charge in [-0.25, -0.2) is 15.0 Å². The molecule has 0 aliphatic heterocycles. The van der Waals surface area contributed by atoms with Gasteiger partial charge in [0, 0.05) is 25.1 Å². The van der Waals surface area contributed by atoms with E-state index in [4.69, 9.17) is 5.73 Å². The van der Waals surface area contributed by atoms with E-state index in [2.05, 4.69) is 32.4 Å². The molecule has 0 saturated heterocycles. The SMILES string of the molecule is NC(=NCc1ccnc(-n2ccnc2)c1)NCCc1ccccc1. The lowest BCUT2D eigenvalue weighted by atomic mass is 10.1. The van der Waals surface area contributed by atoms with Gasteiger partial charge in [-0.05, 0) is 29.7 Å². The first kappa shape index (κ1) is 15.7. The van der Waals surface area contributed by atoms with Crippen LogP contribution in [-0.2, 0) is 13.0 Å². The zero-order valence-electron chi connectivity index (χ0n) is 13.3. The van der Waals surface area contributed by atoms with Gasteiger partial charge >= 0.3 is 0 Å². The van der Waals surface area contributed by atoms with Gasteiger partial charge in [0.15, 0.2) is 5.96 Å². The number of pyridine rings is 1. The van der Waals surface area contributed by atoms with Crippen molar-refractivity contribution in [1.29, 1.82) is 0 Å². The molecule has 0 saturated carbocycles. The van der Waals surface area contributed by atoms with Gasteiger partial charge in [0.25, 0.3) is 0 Å². The van der Waals surface area contributed by atoms with Gasteiger partial charge in [-0.1, -0.05) is 30.3 Å². The summed E-state index contributed by atoms with van der Waals surface area (Å²) in [5.74, 6) is 1.27. The number of benzene rings is 1. The lowest BCUT2D eigenvalue weighted by molar-refractivity contribution is 0.847. The Labute approximate surface area is 141 Å². The van der Waals surface area contributed by atoms with E-state index >= 15 is 0 Å². The molecule has 0 amide bonds. The maximum atomic E-state index is 5.93. The van der Waals surface area contributed by atoms with E-state index in [1.165, 1.54) is 5.56 Å². The molecule has 2 heterocycles. The highest BCUT2D eigenvalue weighted by Gasteiger charge is 2.00. The fourth-order valence-corrected chi connectivity index (χ4v) is 2.31. The summed E-state index contributed by atoms with van der Waals surface area (Å²) < 4.78 is 1.86. The molecule has 0 unspecified atom stereocenters. The Morgan fingerprint density at radius 2 is 2.00 bits per heavy atom. The predicted octanol–water partition coefficient (Wildman–Crippen LogP) is 1.91. The minimum absolute atomic E-state index is 0.451. The number of imidazole rings is 1. The number of aromatic nitrogens is 3. The van der Waals surface area contributed by atoms with Gasteiger partial charge in [0.2, 0.25) is 0 Å². The Morgan fingerprint density at radius 3 is 2.79 bits per heavy atom. The highest BCUT2D eigenvalue weighted by atomic mass is 15.1. The monoisotopic (exact) mass is 320 g/mol. The molecule has 0 radical (unpaired) electrons. The highest BCUT2D eigenvalue weighted by molar-refractivity contribution is 5.77. The van der Waals surface area contributed by atoms with E-state index in [0.717, 1.165) is 24.3 Å². The normalized spacial score (nSPS) is 11.4. The molecule has 122 valence electrons. The topological polar surface area (TPSA) is 81.1 Å². The minimum Gasteiger partial charge on any atom is -0.370 e. The number of nitrogens with zero attached hydrogens (tertiary/aromatic N) is 4. The first-order valence-corrected chi connectivity index (χ1v) is 7.82. The van der Waals surface area contributed by atoms with Crippen molar-refractivity contribution in [3.8, 4) is 5.82 Å². The molecule has 0 aliphatic carbocycles. The maximum Gasteiger partial charge on any atom is 0.188 e. The third kappa shape index (κ3) is 4.42. The maximum absolute atomic E-state index is 5.93. The second-order valence-corrected chi connectivity index (χ2v) is 5.36. The molecule has 3 aromatic rings. The zero-order chi connectivity index (χ0) is 16.6. The van der Waals surface area contributed by atoms with Crippen molar-refractivity contribution in [3.05, 3.63) is 78.5 Å². The number of nitrogens with two attached hydrogens (primary N) is 1. The van der Waals surface area contributed by atoms with Crippen LogP contribution in [0, 0.1) is 0 Å². The third-order valence-electron chi connectivity index (χ3n) is 3.57. The summed E-state index contributed by atoms with van der Waals surface area (Å²) in [5, 5.41) is 3.14. The van der Waals surface area contributed by atoms with Crippen molar-refractivity contribution in [2.24, 2.45) is 10.7 Å². The summed E-state index contributed by atoms with van der Waals surface area (Å²) in [6.07, 6.45) is 7.97. The molecule has 2 aromatic heterocycles. The van der Waals surface area contributed by atoms with Gasteiger partial charge in [-0.3, -0.25) is 4.57 Å². The number of nitrogens with one attached hydrogen (secondary N) is 1. The smallest absolute Gasteiger partial charge is 0.188 e. The lowest BCUT2D eigenvalue weighted by Gasteiger charge is -2.06. The van der Waals surface area contributed by atoms with E-state index in [0.29, 0.717) is 12.5 Å². The molecule has 0 fully saturated rings. The fraction of sp³-hybridized carbons (Fsp3) is 0.167.